The topological polar surface area (TPSA) is 591 Å². The van der Waals surface area contributed by atoms with Crippen molar-refractivity contribution in [3.05, 3.63) is 163 Å². The summed E-state index contributed by atoms with van der Waals surface area (Å²) < 4.78 is 45.4. The van der Waals surface area contributed by atoms with Gasteiger partial charge in [-0.05, 0) is 171 Å². The number of ether oxygens (including phenoxy) is 7. The predicted octanol–water partition coefficient (Wildman–Crippen LogP) is 9.08. The fourth-order valence-corrected chi connectivity index (χ4v) is 14.2. The van der Waals surface area contributed by atoms with Crippen LogP contribution in [0.2, 0.25) is 15.5 Å². The van der Waals surface area contributed by atoms with Crippen molar-refractivity contribution in [2.24, 2.45) is 41.2 Å². The first kappa shape index (κ1) is 107. The quantitative estimate of drug-likeness (QED) is 0.0145. The van der Waals surface area contributed by atoms with Crippen LogP contribution in [-0.2, 0) is 81.6 Å². The van der Waals surface area contributed by atoms with Crippen LogP contribution in [0.25, 0.3) is 11.3 Å². The molecule has 43 nitrogen and oxygen atoms in total. The monoisotopic (exact) mass is 2030 g/mol. The van der Waals surface area contributed by atoms with Gasteiger partial charge in [0.05, 0.1) is 151 Å². The van der Waals surface area contributed by atoms with E-state index in [2.05, 4.69) is 132 Å². The van der Waals surface area contributed by atoms with Crippen LogP contribution in [0.5, 0.6) is 0 Å². The van der Waals surface area contributed by atoms with E-state index in [9.17, 15) is 48.3 Å². The highest BCUT2D eigenvalue weighted by molar-refractivity contribution is 9.10. The van der Waals surface area contributed by atoms with Gasteiger partial charge in [-0.15, -0.1) is 0 Å². The summed E-state index contributed by atoms with van der Waals surface area (Å²) in [5, 5.41) is 40.1. The number of methoxy groups -OCH3 is 3. The van der Waals surface area contributed by atoms with E-state index in [0.29, 0.717) is 101 Å². The number of nitrogens with two attached hydrogens (primary N) is 2. The molecule has 738 valence electrons. The summed E-state index contributed by atoms with van der Waals surface area (Å²) in [6.07, 6.45) is 29.7. The molecule has 4 saturated heterocycles. The first-order chi connectivity index (χ1) is 66.4. The molecule has 138 heavy (non-hydrogen) atoms. The molecule has 10 aliphatic rings. The number of furan rings is 2. The molecular formula is C90H111BBrCl3N22O21. The SMILES string of the molecule is CN(C)Cc1nc(N)ccc1C1CCOC1.CN(C)Cc1nc(NC(=O)C2CC2)cnc1C1CCOC1.COC(=O)c1nc(Br)cnc1Cl.COC(=O)c1nc(NC(=O)C2CC2)cnc1-c1ccoc1.COC(=O)c1nc(NC(=O)C2CC2)cnc1C1CCOC1.NC(=O)C1CC1.O=C(Nc1cnc(C2CCOC2)c(CO)n1)C1CC1.O=C(Nc1cnc(Cl)c(Cl)n1)C1CC1.OB(O)c1ccoc1. The maximum absolute atomic E-state index is 11.9. The van der Waals surface area contributed by atoms with Gasteiger partial charge in [0.25, 0.3) is 0 Å². The van der Waals surface area contributed by atoms with Gasteiger partial charge in [0, 0.05) is 110 Å². The molecule has 0 bridgehead atoms. The number of aliphatic hydroxyl groups excluding tert-OH is 1. The lowest BCUT2D eigenvalue weighted by Crippen LogP contribution is -2.27. The van der Waals surface area contributed by atoms with E-state index in [1.807, 2.05) is 34.3 Å². The Morgan fingerprint density at radius 2 is 0.826 bits per heavy atom. The number of carbonyl (C=O) groups is 9. The number of nitrogens with one attached hydrogen (secondary N) is 5. The molecule has 10 fully saturated rings. The van der Waals surface area contributed by atoms with Crippen LogP contribution in [0, 0.1) is 35.5 Å². The summed E-state index contributed by atoms with van der Waals surface area (Å²) in [7, 11) is 10.5. The molecule has 0 spiro atoms. The minimum absolute atomic E-state index is 0.00450. The van der Waals surface area contributed by atoms with Crippen LogP contribution in [-0.4, -0.2) is 253 Å². The standard InChI is InChI=1S/C15H22N4O2.C14H17N3O4.C14H13N3O4.C13H17N3O3.C12H19N3O.C8H7Cl2N3O.C6H4BrClN2O2.C4H5BO3.C4H7NO/c1-19(2)8-12-14(11-5-6-21-9-11)16-7-13(17-12)18-15(20)10-3-4-10;2*1-20-14(19)12-11(9-4-5-21-7-9)15-6-10(16-12)17-13(18)8-2-3-8;17-6-10-12(9-3-4-19-7-9)14-5-11(15-10)16-13(18)8-1-2-8;1-15(2)7-11-10(3-4-12(13)14-11)9-5-6-16-8-9;9-6-7(10)12-5(3-11-6)13-8(14)4-1-2-4;1-12-6(11)4-5(8)9-2-3(7)10-4;6-5(7)4-1-2-8-3-4;5-4(6)3-1-2-3/h7,10-11H,3-6,8-9H2,1-2H3,(H,17,18,20);6,8-9H,2-5,7H2,1H3,(H,16,17,18);4-8H,2-3H2,1H3,(H,16,17,18);5,8-9,17H,1-4,6-7H2,(H,15,16,18);3-4,9H,5-8H2,1-2H3,(H2,13,14);3-4H,1-2H2,(H,12,13,14);2H,1H3;1-3,6-7H;3H,1-2H2,(H2,5,6). The second-order valence-electron chi connectivity index (χ2n) is 33.8. The number of carbonyl (C=O) groups excluding carboxylic acids is 9. The van der Waals surface area contributed by atoms with Crippen LogP contribution in [0.1, 0.15) is 198 Å². The molecular weight excluding hydrogens is 1920 g/mol. The van der Waals surface area contributed by atoms with E-state index in [1.165, 1.54) is 82.8 Å². The van der Waals surface area contributed by atoms with E-state index in [1.54, 1.807) is 18.5 Å². The van der Waals surface area contributed by atoms with Crippen LogP contribution >= 0.6 is 50.7 Å². The van der Waals surface area contributed by atoms with Gasteiger partial charge in [0.15, 0.2) is 61.6 Å². The van der Waals surface area contributed by atoms with Crippen LogP contribution in [0.4, 0.5) is 34.9 Å². The van der Waals surface area contributed by atoms with Crippen molar-refractivity contribution >= 4 is 152 Å². The second-order valence-corrected chi connectivity index (χ2v) is 35.7. The molecule has 6 aliphatic carbocycles. The number of hydrogen-bond acceptors (Lipinski definition) is 37. The average molecular weight is 2030 g/mol. The van der Waals surface area contributed by atoms with Crippen molar-refractivity contribution in [3.63, 3.8) is 0 Å². The molecule has 9 aromatic heterocycles. The highest BCUT2D eigenvalue weighted by Crippen LogP contribution is 2.38. The molecule has 0 aromatic carbocycles. The van der Waals surface area contributed by atoms with E-state index < -0.39 is 25.0 Å². The highest BCUT2D eigenvalue weighted by Gasteiger charge is 2.37. The lowest BCUT2D eigenvalue weighted by molar-refractivity contribution is -0.119. The van der Waals surface area contributed by atoms with Gasteiger partial charge in [-0.25, -0.2) is 64.2 Å². The van der Waals surface area contributed by atoms with Crippen molar-refractivity contribution in [1.82, 2.24) is 74.6 Å². The van der Waals surface area contributed by atoms with Crippen LogP contribution < -0.4 is 43.5 Å². The summed E-state index contributed by atoms with van der Waals surface area (Å²) in [6.45, 7) is 7.04. The predicted molar refractivity (Wildman–Crippen MR) is 506 cm³/mol. The molecule has 12 N–H and O–H groups in total. The summed E-state index contributed by atoms with van der Waals surface area (Å²) in [4.78, 5) is 161. The van der Waals surface area contributed by atoms with Crippen molar-refractivity contribution in [2.45, 2.75) is 146 Å². The summed E-state index contributed by atoms with van der Waals surface area (Å²) in [5.41, 5.74) is 18.3. The Hall–Kier alpha value is -11.7. The lowest BCUT2D eigenvalue weighted by Gasteiger charge is -2.17. The minimum atomic E-state index is -1.41. The first-order valence-corrected chi connectivity index (χ1v) is 46.6. The third-order valence-corrected chi connectivity index (χ3v) is 23.2. The van der Waals surface area contributed by atoms with Crippen molar-refractivity contribution < 1.29 is 100 Å². The number of hydrogen-bond donors (Lipinski definition) is 10. The van der Waals surface area contributed by atoms with Gasteiger partial charge in [0.2, 0.25) is 35.4 Å². The number of amides is 6. The summed E-state index contributed by atoms with van der Waals surface area (Å²) in [5.74, 6) is 2.23. The Labute approximate surface area is 818 Å². The molecule has 4 atom stereocenters. The van der Waals surface area contributed by atoms with Crippen molar-refractivity contribution in [2.75, 3.05) is 135 Å². The number of pyridine rings is 1. The largest absolute Gasteiger partial charge is 0.491 e. The molecule has 9 aromatic rings. The Morgan fingerprint density at radius 1 is 0.435 bits per heavy atom. The van der Waals surface area contributed by atoms with Gasteiger partial charge >= 0.3 is 25.0 Å². The molecule has 0 radical (unpaired) electrons. The van der Waals surface area contributed by atoms with Crippen molar-refractivity contribution in [1.29, 1.82) is 0 Å². The van der Waals surface area contributed by atoms with Crippen LogP contribution in [0.15, 0.2) is 99.9 Å². The fourth-order valence-electron chi connectivity index (χ4n) is 13.5. The van der Waals surface area contributed by atoms with Gasteiger partial charge < -0.3 is 105 Å². The normalized spacial score (nSPS) is 17.9. The third kappa shape index (κ3) is 34.1. The minimum Gasteiger partial charge on any atom is -0.473 e. The Morgan fingerprint density at radius 3 is 1.22 bits per heavy atom. The number of nitrogen functional groups attached to an aromatic ring is 1. The molecule has 19 rings (SSSR count). The summed E-state index contributed by atoms with van der Waals surface area (Å²) >= 11 is 19.8. The Bertz CT molecular complexity index is 5600. The number of anilines is 6. The highest BCUT2D eigenvalue weighted by atomic mass is 79.9. The molecule has 4 aliphatic heterocycles. The van der Waals surface area contributed by atoms with Gasteiger partial charge in [-0.1, -0.05) is 40.9 Å². The van der Waals surface area contributed by atoms with Gasteiger partial charge in [-0.2, -0.15) is 0 Å². The van der Waals surface area contributed by atoms with E-state index in [0.717, 1.165) is 158 Å². The number of esters is 3. The molecule has 6 saturated carbocycles. The lowest BCUT2D eigenvalue weighted by atomic mass is 9.83. The maximum Gasteiger partial charge on any atom is 0.491 e. The molecule has 4 unspecified atom stereocenters. The smallest absolute Gasteiger partial charge is 0.473 e. The number of aromatic nitrogens is 13. The van der Waals surface area contributed by atoms with Crippen LogP contribution in [0.3, 0.4) is 0 Å². The zero-order chi connectivity index (χ0) is 99.1. The average Bonchev–Trinajstić information content (AvgIpc) is 1.51. The zero-order valence-electron chi connectivity index (χ0n) is 77.1. The number of nitrogens with zero attached hydrogens (tertiary/aromatic N) is 15. The first-order valence-electron chi connectivity index (χ1n) is 44.7. The Kier molecular flexibility index (Phi) is 40.9. The number of rotatable bonds is 25. The summed E-state index contributed by atoms with van der Waals surface area (Å²) in [6, 6.07) is 7.14. The van der Waals surface area contributed by atoms with Crippen molar-refractivity contribution in [3.8, 4) is 11.3 Å². The van der Waals surface area contributed by atoms with Gasteiger partial charge in [-0.3, -0.25) is 43.7 Å². The molecule has 48 heteroatoms. The zero-order valence-corrected chi connectivity index (χ0v) is 80.9. The number of primary amides is 1. The third-order valence-electron chi connectivity index (χ3n) is 21.9. The molecule has 6 amide bonds. The van der Waals surface area contributed by atoms with Gasteiger partial charge in [0.1, 0.15) is 16.1 Å². The van der Waals surface area contributed by atoms with E-state index >= 15 is 0 Å². The van der Waals surface area contributed by atoms with E-state index in [4.69, 9.17) is 89.2 Å². The maximum atomic E-state index is 11.9. The van der Waals surface area contributed by atoms with E-state index in [-0.39, 0.29) is 134 Å². The molecule has 13 heterocycles. The number of halogens is 4. The fraction of sp³-hybridized carbons (Fsp3) is 0.489. The number of aliphatic hydroxyl groups is 1. The Balaban J connectivity index is 0.000000152. The second kappa shape index (κ2) is 52.9.